The van der Waals surface area contributed by atoms with Crippen molar-refractivity contribution in [1.82, 2.24) is 15.3 Å². The molecule has 0 fully saturated rings. The van der Waals surface area contributed by atoms with E-state index < -0.39 is 0 Å². The van der Waals surface area contributed by atoms with Gasteiger partial charge in [0, 0.05) is 20.1 Å². The predicted molar refractivity (Wildman–Crippen MR) is 87.1 cm³/mol. The van der Waals surface area contributed by atoms with Crippen molar-refractivity contribution in [3.8, 4) is 0 Å². The van der Waals surface area contributed by atoms with Crippen molar-refractivity contribution in [2.45, 2.75) is 26.9 Å². The Bertz CT molecular complexity index is 522. The van der Waals surface area contributed by atoms with Crippen LogP contribution in [0.25, 0.3) is 0 Å². The van der Waals surface area contributed by atoms with Gasteiger partial charge in [0.1, 0.15) is 5.82 Å². The van der Waals surface area contributed by atoms with Crippen LogP contribution in [0.2, 0.25) is 0 Å². The number of aromatic nitrogens is 2. The molecule has 0 spiro atoms. The Morgan fingerprint density at radius 3 is 2.48 bits per heavy atom. The predicted octanol–water partition coefficient (Wildman–Crippen LogP) is 2.86. The van der Waals surface area contributed by atoms with Gasteiger partial charge in [-0.2, -0.15) is 0 Å². The molecule has 0 bridgehead atoms. The first-order chi connectivity index (χ1) is 10.1. The normalized spacial score (nSPS) is 10.9. The molecule has 0 aliphatic rings. The zero-order chi connectivity index (χ0) is 15.1. The highest BCUT2D eigenvalue weighted by Crippen LogP contribution is 2.11. The molecule has 21 heavy (non-hydrogen) atoms. The van der Waals surface area contributed by atoms with Gasteiger partial charge in [0.05, 0.1) is 18.1 Å². The van der Waals surface area contributed by atoms with E-state index in [4.69, 9.17) is 0 Å². The summed E-state index contributed by atoms with van der Waals surface area (Å²) in [7, 11) is 2.04. The lowest BCUT2D eigenvalue weighted by atomic mass is 10.2. The van der Waals surface area contributed by atoms with Gasteiger partial charge in [0.25, 0.3) is 0 Å². The van der Waals surface area contributed by atoms with Crippen LogP contribution in [-0.2, 0) is 13.1 Å². The van der Waals surface area contributed by atoms with E-state index in [0.717, 1.165) is 31.1 Å². The van der Waals surface area contributed by atoms with Crippen molar-refractivity contribution in [2.24, 2.45) is 5.92 Å². The van der Waals surface area contributed by atoms with E-state index in [1.165, 1.54) is 5.56 Å². The molecule has 1 aromatic carbocycles. The molecule has 4 heteroatoms. The molecule has 2 aromatic rings. The molecule has 0 unspecified atom stereocenters. The Balaban J connectivity index is 1.89. The SMILES string of the molecule is CC(C)CNCc1cnc(N(C)Cc2ccccc2)cn1. The fourth-order valence-corrected chi connectivity index (χ4v) is 2.06. The van der Waals surface area contributed by atoms with Gasteiger partial charge in [0.2, 0.25) is 0 Å². The van der Waals surface area contributed by atoms with Crippen molar-refractivity contribution in [3.05, 3.63) is 54.0 Å². The van der Waals surface area contributed by atoms with Crippen LogP contribution < -0.4 is 10.2 Å². The molecule has 0 saturated carbocycles. The maximum atomic E-state index is 4.50. The highest BCUT2D eigenvalue weighted by atomic mass is 15.2. The number of nitrogens with one attached hydrogen (secondary N) is 1. The van der Waals surface area contributed by atoms with E-state index in [2.05, 4.69) is 58.3 Å². The zero-order valence-corrected chi connectivity index (χ0v) is 13.1. The Morgan fingerprint density at radius 1 is 1.10 bits per heavy atom. The fraction of sp³-hybridized carbons (Fsp3) is 0.412. The Hall–Kier alpha value is -1.94. The first kappa shape index (κ1) is 15.4. The number of hydrogen-bond donors (Lipinski definition) is 1. The van der Waals surface area contributed by atoms with Crippen LogP contribution >= 0.6 is 0 Å². The minimum atomic E-state index is 0.647. The van der Waals surface area contributed by atoms with Gasteiger partial charge in [-0.1, -0.05) is 44.2 Å². The van der Waals surface area contributed by atoms with Crippen molar-refractivity contribution in [2.75, 3.05) is 18.5 Å². The third-order valence-electron chi connectivity index (χ3n) is 3.20. The third-order valence-corrected chi connectivity index (χ3v) is 3.20. The molecule has 0 atom stereocenters. The maximum Gasteiger partial charge on any atom is 0.147 e. The second-order valence-electron chi connectivity index (χ2n) is 5.73. The first-order valence-corrected chi connectivity index (χ1v) is 7.42. The molecule has 1 heterocycles. The van der Waals surface area contributed by atoms with Crippen molar-refractivity contribution >= 4 is 5.82 Å². The number of rotatable bonds is 7. The van der Waals surface area contributed by atoms with Crippen LogP contribution in [0.4, 0.5) is 5.82 Å². The Morgan fingerprint density at radius 2 is 1.86 bits per heavy atom. The third kappa shape index (κ3) is 5.16. The minimum Gasteiger partial charge on any atom is -0.354 e. The fourth-order valence-electron chi connectivity index (χ4n) is 2.06. The summed E-state index contributed by atoms with van der Waals surface area (Å²) in [6.07, 6.45) is 3.69. The zero-order valence-electron chi connectivity index (χ0n) is 13.1. The van der Waals surface area contributed by atoms with Crippen LogP contribution in [0.1, 0.15) is 25.1 Å². The lowest BCUT2D eigenvalue weighted by Crippen LogP contribution is -2.21. The van der Waals surface area contributed by atoms with Gasteiger partial charge < -0.3 is 10.2 Å². The largest absolute Gasteiger partial charge is 0.354 e. The number of nitrogens with zero attached hydrogens (tertiary/aromatic N) is 3. The van der Waals surface area contributed by atoms with Crippen LogP contribution in [0, 0.1) is 5.92 Å². The van der Waals surface area contributed by atoms with Gasteiger partial charge >= 0.3 is 0 Å². The topological polar surface area (TPSA) is 41.1 Å². The second-order valence-corrected chi connectivity index (χ2v) is 5.73. The molecular formula is C17H24N4. The molecule has 1 aromatic heterocycles. The number of anilines is 1. The summed E-state index contributed by atoms with van der Waals surface area (Å²) in [5.74, 6) is 1.54. The average molecular weight is 284 g/mol. The monoisotopic (exact) mass is 284 g/mol. The summed E-state index contributed by atoms with van der Waals surface area (Å²) in [4.78, 5) is 11.1. The summed E-state index contributed by atoms with van der Waals surface area (Å²) in [6, 6.07) is 10.4. The van der Waals surface area contributed by atoms with Gasteiger partial charge in [0.15, 0.2) is 0 Å². The van der Waals surface area contributed by atoms with E-state index >= 15 is 0 Å². The van der Waals surface area contributed by atoms with E-state index in [1.54, 1.807) is 0 Å². The van der Waals surface area contributed by atoms with E-state index in [1.807, 2.05) is 25.5 Å². The van der Waals surface area contributed by atoms with Crippen molar-refractivity contribution in [3.63, 3.8) is 0 Å². The number of hydrogen-bond acceptors (Lipinski definition) is 4. The van der Waals surface area contributed by atoms with Crippen LogP contribution in [-0.4, -0.2) is 23.6 Å². The van der Waals surface area contributed by atoms with Gasteiger partial charge in [-0.05, 0) is 18.0 Å². The Kier molecular flexibility index (Phi) is 5.69. The van der Waals surface area contributed by atoms with Gasteiger partial charge in [-0.15, -0.1) is 0 Å². The lowest BCUT2D eigenvalue weighted by molar-refractivity contribution is 0.547. The molecule has 0 aliphatic carbocycles. The Labute approximate surface area is 127 Å². The summed E-state index contributed by atoms with van der Waals surface area (Å²) >= 11 is 0. The summed E-state index contributed by atoms with van der Waals surface area (Å²) in [5.41, 5.74) is 2.25. The second kappa shape index (κ2) is 7.74. The standard InChI is InChI=1S/C17H24N4/c1-14(2)9-18-10-16-11-20-17(12-19-16)21(3)13-15-7-5-4-6-8-15/h4-8,11-12,14,18H,9-10,13H2,1-3H3. The average Bonchev–Trinajstić information content (AvgIpc) is 2.48. The highest BCUT2D eigenvalue weighted by molar-refractivity contribution is 5.36. The lowest BCUT2D eigenvalue weighted by Gasteiger charge is -2.18. The van der Waals surface area contributed by atoms with Crippen LogP contribution in [0.5, 0.6) is 0 Å². The minimum absolute atomic E-state index is 0.647. The number of benzene rings is 1. The summed E-state index contributed by atoms with van der Waals surface area (Å²) in [6.45, 7) is 6.99. The van der Waals surface area contributed by atoms with E-state index in [9.17, 15) is 0 Å². The quantitative estimate of drug-likeness (QED) is 0.849. The summed E-state index contributed by atoms with van der Waals surface area (Å²) in [5, 5.41) is 3.37. The molecule has 0 saturated heterocycles. The molecule has 0 radical (unpaired) electrons. The highest BCUT2D eigenvalue weighted by Gasteiger charge is 2.04. The van der Waals surface area contributed by atoms with E-state index in [0.29, 0.717) is 5.92 Å². The van der Waals surface area contributed by atoms with E-state index in [-0.39, 0.29) is 0 Å². The summed E-state index contributed by atoms with van der Waals surface area (Å²) < 4.78 is 0. The molecule has 2 rings (SSSR count). The molecule has 1 N–H and O–H groups in total. The van der Waals surface area contributed by atoms with Gasteiger partial charge in [-0.3, -0.25) is 4.98 Å². The molecule has 112 valence electrons. The van der Waals surface area contributed by atoms with Gasteiger partial charge in [-0.25, -0.2) is 4.98 Å². The smallest absolute Gasteiger partial charge is 0.147 e. The van der Waals surface area contributed by atoms with Crippen molar-refractivity contribution < 1.29 is 0 Å². The molecule has 0 amide bonds. The van der Waals surface area contributed by atoms with Crippen LogP contribution in [0.15, 0.2) is 42.7 Å². The maximum absolute atomic E-state index is 4.50. The molecule has 4 nitrogen and oxygen atoms in total. The molecular weight excluding hydrogens is 260 g/mol. The van der Waals surface area contributed by atoms with Crippen LogP contribution in [0.3, 0.4) is 0 Å². The first-order valence-electron chi connectivity index (χ1n) is 7.42. The van der Waals surface area contributed by atoms with Crippen molar-refractivity contribution in [1.29, 1.82) is 0 Å². The molecule has 0 aliphatic heterocycles.